The van der Waals surface area contributed by atoms with Gasteiger partial charge in [0.05, 0.1) is 17.9 Å². The molecule has 0 radical (unpaired) electrons. The third-order valence-corrected chi connectivity index (χ3v) is 3.46. The molecule has 0 bridgehead atoms. The number of carbonyl (C=O) groups excluding carboxylic acids is 1. The molecule has 0 fully saturated rings. The zero-order valence-electron chi connectivity index (χ0n) is 13.1. The molecule has 0 spiro atoms. The SMILES string of the molecule is Cc1cc(C)n(CCNC(=O)c2cc(-c3ccccn3)n[nH]2)n1. The molecule has 0 atom stereocenters. The Balaban J connectivity index is 1.59. The van der Waals surface area contributed by atoms with E-state index in [4.69, 9.17) is 0 Å². The lowest BCUT2D eigenvalue weighted by atomic mass is 10.2. The fraction of sp³-hybridized carbons (Fsp3) is 0.250. The number of aromatic amines is 1. The van der Waals surface area contributed by atoms with Gasteiger partial charge in [-0.3, -0.25) is 19.6 Å². The Labute approximate surface area is 133 Å². The van der Waals surface area contributed by atoms with E-state index in [-0.39, 0.29) is 5.91 Å². The number of hydrogen-bond acceptors (Lipinski definition) is 4. The highest BCUT2D eigenvalue weighted by molar-refractivity contribution is 5.93. The van der Waals surface area contributed by atoms with Crippen molar-refractivity contribution in [2.75, 3.05) is 6.54 Å². The Bertz CT molecular complexity index is 805. The Morgan fingerprint density at radius 2 is 2.13 bits per heavy atom. The van der Waals surface area contributed by atoms with E-state index in [1.54, 1.807) is 12.3 Å². The summed E-state index contributed by atoms with van der Waals surface area (Å²) in [5.74, 6) is -0.193. The van der Waals surface area contributed by atoms with Crippen LogP contribution in [0.15, 0.2) is 36.5 Å². The van der Waals surface area contributed by atoms with Crippen molar-refractivity contribution in [1.29, 1.82) is 0 Å². The second kappa shape index (κ2) is 6.43. The minimum Gasteiger partial charge on any atom is -0.349 e. The average Bonchev–Trinajstić information content (AvgIpc) is 3.15. The molecule has 0 aliphatic rings. The molecule has 0 aromatic carbocycles. The summed E-state index contributed by atoms with van der Waals surface area (Å²) in [5.41, 5.74) is 3.84. The molecular formula is C16H18N6O. The van der Waals surface area contributed by atoms with Gasteiger partial charge in [0, 0.05) is 18.4 Å². The smallest absolute Gasteiger partial charge is 0.269 e. The number of hydrogen-bond donors (Lipinski definition) is 2. The van der Waals surface area contributed by atoms with E-state index < -0.39 is 0 Å². The number of nitrogens with one attached hydrogen (secondary N) is 2. The van der Waals surface area contributed by atoms with Gasteiger partial charge in [-0.15, -0.1) is 0 Å². The predicted octanol–water partition coefficient (Wildman–Crippen LogP) is 1.72. The predicted molar refractivity (Wildman–Crippen MR) is 85.9 cm³/mol. The standard InChI is InChI=1S/C16H18N6O/c1-11-9-12(2)22(21-11)8-7-18-16(23)15-10-14(19-20-15)13-5-3-4-6-17-13/h3-6,9-10H,7-8H2,1-2H3,(H,18,23)(H,19,20). The highest BCUT2D eigenvalue weighted by Gasteiger charge is 2.11. The van der Waals surface area contributed by atoms with E-state index in [9.17, 15) is 4.79 Å². The van der Waals surface area contributed by atoms with Gasteiger partial charge in [0.25, 0.3) is 5.91 Å². The quantitative estimate of drug-likeness (QED) is 0.751. The van der Waals surface area contributed by atoms with Crippen molar-refractivity contribution in [1.82, 2.24) is 30.3 Å². The highest BCUT2D eigenvalue weighted by Crippen LogP contribution is 2.13. The van der Waals surface area contributed by atoms with Crippen LogP contribution in [0.25, 0.3) is 11.4 Å². The molecule has 118 valence electrons. The van der Waals surface area contributed by atoms with Gasteiger partial charge >= 0.3 is 0 Å². The minimum absolute atomic E-state index is 0.193. The lowest BCUT2D eigenvalue weighted by molar-refractivity contribution is 0.0947. The molecule has 7 heteroatoms. The number of nitrogens with zero attached hydrogens (tertiary/aromatic N) is 4. The maximum absolute atomic E-state index is 12.1. The molecule has 2 N–H and O–H groups in total. The van der Waals surface area contributed by atoms with Gasteiger partial charge < -0.3 is 5.32 Å². The van der Waals surface area contributed by atoms with E-state index in [0.717, 1.165) is 17.1 Å². The number of aryl methyl sites for hydroxylation is 2. The van der Waals surface area contributed by atoms with E-state index >= 15 is 0 Å². The zero-order chi connectivity index (χ0) is 16.2. The van der Waals surface area contributed by atoms with E-state index in [1.165, 1.54) is 0 Å². The number of rotatable bonds is 5. The molecule has 3 aromatic heterocycles. The Kier molecular flexibility index (Phi) is 4.18. The van der Waals surface area contributed by atoms with Crippen molar-refractivity contribution in [2.45, 2.75) is 20.4 Å². The molecule has 0 aliphatic heterocycles. The number of aromatic nitrogens is 5. The lowest BCUT2D eigenvalue weighted by Crippen LogP contribution is -2.28. The number of carbonyl (C=O) groups is 1. The molecule has 0 aliphatic carbocycles. The summed E-state index contributed by atoms with van der Waals surface area (Å²) in [6.07, 6.45) is 1.69. The van der Waals surface area contributed by atoms with Crippen LogP contribution in [0.1, 0.15) is 21.9 Å². The summed E-state index contributed by atoms with van der Waals surface area (Å²) in [7, 11) is 0. The summed E-state index contributed by atoms with van der Waals surface area (Å²) in [6.45, 7) is 5.08. The highest BCUT2D eigenvalue weighted by atomic mass is 16.1. The van der Waals surface area contributed by atoms with Crippen LogP contribution in [0.4, 0.5) is 0 Å². The van der Waals surface area contributed by atoms with Gasteiger partial charge in [0.1, 0.15) is 11.4 Å². The monoisotopic (exact) mass is 310 g/mol. The molecule has 1 amide bonds. The van der Waals surface area contributed by atoms with Gasteiger partial charge in [0.15, 0.2) is 0 Å². The van der Waals surface area contributed by atoms with Gasteiger partial charge in [-0.2, -0.15) is 10.2 Å². The van der Waals surface area contributed by atoms with Crippen LogP contribution < -0.4 is 5.32 Å². The summed E-state index contributed by atoms with van der Waals surface area (Å²) < 4.78 is 1.88. The van der Waals surface area contributed by atoms with Crippen molar-refractivity contribution in [2.24, 2.45) is 0 Å². The lowest BCUT2D eigenvalue weighted by Gasteiger charge is -2.05. The normalized spacial score (nSPS) is 10.7. The molecule has 3 heterocycles. The summed E-state index contributed by atoms with van der Waals surface area (Å²) in [4.78, 5) is 16.3. The first-order valence-corrected chi connectivity index (χ1v) is 7.39. The average molecular weight is 310 g/mol. The Hall–Kier alpha value is -2.96. The Morgan fingerprint density at radius 3 is 2.83 bits per heavy atom. The van der Waals surface area contributed by atoms with Crippen molar-refractivity contribution >= 4 is 5.91 Å². The van der Waals surface area contributed by atoms with Crippen LogP contribution in [0.2, 0.25) is 0 Å². The fourth-order valence-corrected chi connectivity index (χ4v) is 2.36. The van der Waals surface area contributed by atoms with Crippen LogP contribution in [0.5, 0.6) is 0 Å². The first-order valence-electron chi connectivity index (χ1n) is 7.39. The maximum atomic E-state index is 12.1. The van der Waals surface area contributed by atoms with Gasteiger partial charge in [0.2, 0.25) is 0 Å². The first-order chi connectivity index (χ1) is 11.1. The molecule has 0 unspecified atom stereocenters. The topological polar surface area (TPSA) is 88.5 Å². The first kappa shape index (κ1) is 15.0. The maximum Gasteiger partial charge on any atom is 0.269 e. The molecule has 0 saturated carbocycles. The molecule has 3 rings (SSSR count). The Morgan fingerprint density at radius 1 is 1.26 bits per heavy atom. The second-order valence-electron chi connectivity index (χ2n) is 5.29. The summed E-state index contributed by atoms with van der Waals surface area (Å²) in [6, 6.07) is 9.27. The van der Waals surface area contributed by atoms with Crippen LogP contribution >= 0.6 is 0 Å². The molecule has 23 heavy (non-hydrogen) atoms. The van der Waals surface area contributed by atoms with E-state index in [2.05, 4.69) is 25.6 Å². The van der Waals surface area contributed by atoms with Gasteiger partial charge in [-0.25, -0.2) is 0 Å². The third kappa shape index (κ3) is 3.45. The van der Waals surface area contributed by atoms with Crippen LogP contribution in [-0.4, -0.2) is 37.4 Å². The number of H-pyrrole nitrogens is 1. The summed E-state index contributed by atoms with van der Waals surface area (Å²) in [5, 5.41) is 14.1. The molecule has 3 aromatic rings. The summed E-state index contributed by atoms with van der Waals surface area (Å²) >= 11 is 0. The van der Waals surface area contributed by atoms with Gasteiger partial charge in [-0.05, 0) is 38.1 Å². The van der Waals surface area contributed by atoms with E-state index in [0.29, 0.717) is 24.5 Å². The van der Waals surface area contributed by atoms with Gasteiger partial charge in [-0.1, -0.05) is 6.07 Å². The number of pyridine rings is 1. The molecular weight excluding hydrogens is 292 g/mol. The zero-order valence-corrected chi connectivity index (χ0v) is 13.1. The van der Waals surface area contributed by atoms with Crippen molar-refractivity contribution in [3.63, 3.8) is 0 Å². The largest absolute Gasteiger partial charge is 0.349 e. The molecule has 0 saturated heterocycles. The number of amides is 1. The van der Waals surface area contributed by atoms with Crippen molar-refractivity contribution in [3.8, 4) is 11.4 Å². The second-order valence-corrected chi connectivity index (χ2v) is 5.29. The van der Waals surface area contributed by atoms with Crippen LogP contribution in [-0.2, 0) is 6.54 Å². The van der Waals surface area contributed by atoms with Crippen molar-refractivity contribution in [3.05, 3.63) is 53.6 Å². The van der Waals surface area contributed by atoms with Crippen molar-refractivity contribution < 1.29 is 4.79 Å². The van der Waals surface area contributed by atoms with E-state index in [1.807, 2.05) is 42.8 Å². The van der Waals surface area contributed by atoms with Crippen LogP contribution in [0, 0.1) is 13.8 Å². The third-order valence-electron chi connectivity index (χ3n) is 3.46. The fourth-order valence-electron chi connectivity index (χ4n) is 2.36. The van der Waals surface area contributed by atoms with Crippen LogP contribution in [0.3, 0.4) is 0 Å². The minimum atomic E-state index is -0.193. The molecule has 7 nitrogen and oxygen atoms in total.